The lowest BCUT2D eigenvalue weighted by Gasteiger charge is -2.15. The zero-order chi connectivity index (χ0) is 11.8. The zero-order valence-electron chi connectivity index (χ0n) is 9.96. The van der Waals surface area contributed by atoms with Crippen molar-refractivity contribution < 1.29 is 4.80 Å². The van der Waals surface area contributed by atoms with Crippen molar-refractivity contribution >= 4 is 14.4 Å². The SMILES string of the molecule is C[Si](C)(O)C1=Cc2cc(CCN)ccc2C1. The van der Waals surface area contributed by atoms with Crippen LogP contribution in [0.15, 0.2) is 23.4 Å². The highest BCUT2D eigenvalue weighted by molar-refractivity contribution is 6.78. The van der Waals surface area contributed by atoms with Crippen LogP contribution < -0.4 is 5.73 Å². The molecule has 86 valence electrons. The highest BCUT2D eigenvalue weighted by atomic mass is 28.4. The van der Waals surface area contributed by atoms with Crippen LogP contribution in [0, 0.1) is 0 Å². The number of benzene rings is 1. The summed E-state index contributed by atoms with van der Waals surface area (Å²) in [5.74, 6) is 0. The number of hydrogen-bond donors (Lipinski definition) is 2. The molecule has 0 saturated heterocycles. The van der Waals surface area contributed by atoms with Gasteiger partial charge in [0.15, 0.2) is 0 Å². The van der Waals surface area contributed by atoms with Gasteiger partial charge in [-0.25, -0.2) is 0 Å². The van der Waals surface area contributed by atoms with E-state index in [9.17, 15) is 4.80 Å². The summed E-state index contributed by atoms with van der Waals surface area (Å²) in [4.78, 5) is 10.1. The van der Waals surface area contributed by atoms with Gasteiger partial charge in [0, 0.05) is 0 Å². The van der Waals surface area contributed by atoms with Crippen molar-refractivity contribution in [2.75, 3.05) is 6.54 Å². The molecule has 2 rings (SSSR count). The monoisotopic (exact) mass is 233 g/mol. The number of nitrogens with two attached hydrogens (primary N) is 1. The maximum atomic E-state index is 10.1. The van der Waals surface area contributed by atoms with E-state index in [1.54, 1.807) is 0 Å². The third-order valence-corrected chi connectivity index (χ3v) is 5.03. The van der Waals surface area contributed by atoms with Crippen molar-refractivity contribution in [3.63, 3.8) is 0 Å². The van der Waals surface area contributed by atoms with Crippen molar-refractivity contribution in [2.24, 2.45) is 5.73 Å². The number of fused-ring (bicyclic) bond motifs is 1. The zero-order valence-corrected chi connectivity index (χ0v) is 11.0. The van der Waals surface area contributed by atoms with Crippen LogP contribution in [0.5, 0.6) is 0 Å². The van der Waals surface area contributed by atoms with Crippen molar-refractivity contribution in [1.29, 1.82) is 0 Å². The summed E-state index contributed by atoms with van der Waals surface area (Å²) in [5, 5.41) is 1.23. The van der Waals surface area contributed by atoms with Crippen molar-refractivity contribution in [1.82, 2.24) is 0 Å². The van der Waals surface area contributed by atoms with E-state index in [0.717, 1.165) is 12.8 Å². The van der Waals surface area contributed by atoms with Crippen LogP contribution in [-0.4, -0.2) is 19.7 Å². The number of allylic oxidation sites excluding steroid dienone is 1. The Labute approximate surface area is 97.9 Å². The van der Waals surface area contributed by atoms with Crippen LogP contribution in [-0.2, 0) is 12.8 Å². The Balaban J connectivity index is 2.29. The molecule has 16 heavy (non-hydrogen) atoms. The topological polar surface area (TPSA) is 46.2 Å². The maximum Gasteiger partial charge on any atom is 0.210 e. The van der Waals surface area contributed by atoms with Gasteiger partial charge in [0.05, 0.1) is 0 Å². The van der Waals surface area contributed by atoms with Crippen molar-refractivity contribution in [3.05, 3.63) is 40.1 Å². The molecular weight excluding hydrogens is 214 g/mol. The molecular formula is C13H19NOSi. The summed E-state index contributed by atoms with van der Waals surface area (Å²) in [5.41, 5.74) is 9.45. The summed E-state index contributed by atoms with van der Waals surface area (Å²) >= 11 is 0. The summed E-state index contributed by atoms with van der Waals surface area (Å²) in [6, 6.07) is 6.52. The van der Waals surface area contributed by atoms with Crippen LogP contribution in [0.4, 0.5) is 0 Å². The van der Waals surface area contributed by atoms with Crippen LogP contribution in [0.2, 0.25) is 13.1 Å². The van der Waals surface area contributed by atoms with E-state index < -0.39 is 8.32 Å². The van der Waals surface area contributed by atoms with Gasteiger partial charge in [-0.1, -0.05) is 29.5 Å². The van der Waals surface area contributed by atoms with E-state index in [0.29, 0.717) is 6.54 Å². The first kappa shape index (κ1) is 11.6. The number of rotatable bonds is 3. The molecule has 3 heteroatoms. The van der Waals surface area contributed by atoms with Gasteiger partial charge in [-0.3, -0.25) is 0 Å². The predicted molar refractivity (Wildman–Crippen MR) is 70.6 cm³/mol. The first-order chi connectivity index (χ1) is 7.50. The van der Waals surface area contributed by atoms with Crippen LogP contribution in [0.3, 0.4) is 0 Å². The average molecular weight is 233 g/mol. The van der Waals surface area contributed by atoms with Gasteiger partial charge in [0.1, 0.15) is 0 Å². The van der Waals surface area contributed by atoms with E-state index in [-0.39, 0.29) is 0 Å². The molecule has 1 aromatic rings. The Morgan fingerprint density at radius 3 is 2.75 bits per heavy atom. The fourth-order valence-electron chi connectivity index (χ4n) is 2.10. The van der Waals surface area contributed by atoms with Gasteiger partial charge in [0.25, 0.3) is 0 Å². The number of hydrogen-bond acceptors (Lipinski definition) is 2. The second kappa shape index (κ2) is 4.16. The Bertz CT molecular complexity index is 432. The molecule has 0 fully saturated rings. The fraction of sp³-hybridized carbons (Fsp3) is 0.385. The summed E-state index contributed by atoms with van der Waals surface area (Å²) in [7, 11) is -2.12. The second-order valence-electron chi connectivity index (χ2n) is 4.98. The molecule has 0 bridgehead atoms. The Kier molecular flexibility index (Phi) is 3.01. The quantitative estimate of drug-likeness (QED) is 0.783. The van der Waals surface area contributed by atoms with Crippen LogP contribution in [0.25, 0.3) is 6.08 Å². The molecule has 0 unspecified atom stereocenters. The van der Waals surface area contributed by atoms with Gasteiger partial charge >= 0.3 is 0 Å². The molecule has 1 aliphatic carbocycles. The molecule has 0 aliphatic heterocycles. The van der Waals surface area contributed by atoms with E-state index in [4.69, 9.17) is 5.73 Å². The largest absolute Gasteiger partial charge is 0.428 e. The van der Waals surface area contributed by atoms with Crippen molar-refractivity contribution in [3.8, 4) is 0 Å². The summed E-state index contributed by atoms with van der Waals surface area (Å²) < 4.78 is 0. The first-order valence-electron chi connectivity index (χ1n) is 5.76. The van der Waals surface area contributed by atoms with Gasteiger partial charge in [-0.05, 0) is 49.2 Å². The maximum absolute atomic E-state index is 10.1. The van der Waals surface area contributed by atoms with E-state index in [1.165, 1.54) is 21.9 Å². The predicted octanol–water partition coefficient (Wildman–Crippen LogP) is 1.86. The van der Waals surface area contributed by atoms with Crippen molar-refractivity contribution in [2.45, 2.75) is 25.9 Å². The molecule has 1 aromatic carbocycles. The minimum atomic E-state index is -2.12. The minimum absolute atomic E-state index is 0.690. The molecule has 0 radical (unpaired) electrons. The standard InChI is InChI=1S/C13H19NOSi/c1-16(2,15)13-8-11-4-3-10(5-6-14)7-12(11)9-13/h3-4,7,9,15H,5-6,8,14H2,1-2H3. The lowest BCUT2D eigenvalue weighted by Crippen LogP contribution is -2.28. The summed E-state index contributed by atoms with van der Waals surface area (Å²) in [6.45, 7) is 4.65. The minimum Gasteiger partial charge on any atom is -0.428 e. The first-order valence-corrected chi connectivity index (χ1v) is 8.71. The van der Waals surface area contributed by atoms with E-state index >= 15 is 0 Å². The molecule has 0 amide bonds. The van der Waals surface area contributed by atoms with Gasteiger partial charge in [-0.15, -0.1) is 0 Å². The Hall–Kier alpha value is -0.903. The van der Waals surface area contributed by atoms with Crippen LogP contribution >= 0.6 is 0 Å². The van der Waals surface area contributed by atoms with Crippen LogP contribution in [0.1, 0.15) is 16.7 Å². The highest BCUT2D eigenvalue weighted by Crippen LogP contribution is 2.30. The fourth-order valence-corrected chi connectivity index (χ4v) is 3.23. The lowest BCUT2D eigenvalue weighted by atomic mass is 10.0. The highest BCUT2D eigenvalue weighted by Gasteiger charge is 2.27. The molecule has 0 saturated carbocycles. The smallest absolute Gasteiger partial charge is 0.210 e. The average Bonchev–Trinajstić information content (AvgIpc) is 2.60. The molecule has 0 heterocycles. The second-order valence-corrected chi connectivity index (χ2v) is 8.74. The van der Waals surface area contributed by atoms with Gasteiger partial charge < -0.3 is 10.5 Å². The molecule has 0 spiro atoms. The lowest BCUT2D eigenvalue weighted by molar-refractivity contribution is 0.561. The third-order valence-electron chi connectivity index (χ3n) is 3.14. The van der Waals surface area contributed by atoms with Gasteiger partial charge in [0.2, 0.25) is 8.32 Å². The summed E-state index contributed by atoms with van der Waals surface area (Å²) in [6.07, 6.45) is 4.02. The van der Waals surface area contributed by atoms with Gasteiger partial charge in [-0.2, -0.15) is 0 Å². The third kappa shape index (κ3) is 2.26. The molecule has 3 N–H and O–H groups in total. The molecule has 0 atom stereocenters. The Morgan fingerprint density at radius 2 is 2.12 bits per heavy atom. The molecule has 1 aliphatic rings. The molecule has 0 aromatic heterocycles. The normalized spacial score (nSPS) is 14.9. The van der Waals surface area contributed by atoms with E-state index in [2.05, 4.69) is 24.3 Å². The molecule has 2 nitrogen and oxygen atoms in total. The Morgan fingerprint density at radius 1 is 1.38 bits per heavy atom. The van der Waals surface area contributed by atoms with E-state index in [1.807, 2.05) is 13.1 Å².